The first-order chi connectivity index (χ1) is 17.5. The van der Waals surface area contributed by atoms with Crippen molar-refractivity contribution in [3.8, 4) is 16.9 Å². The zero-order valence-corrected chi connectivity index (χ0v) is 20.6. The predicted molar refractivity (Wildman–Crippen MR) is 121 cm³/mol. The number of hydrogen-bond donors (Lipinski definition) is 0. The van der Waals surface area contributed by atoms with Gasteiger partial charge in [-0.2, -0.15) is 8.78 Å². The Labute approximate surface area is 210 Å². The van der Waals surface area contributed by atoms with Gasteiger partial charge in [0.25, 0.3) is 0 Å². The highest BCUT2D eigenvalue weighted by Crippen LogP contribution is 2.41. The number of ether oxygens (including phenoxy) is 1. The molecule has 2 nitrogen and oxygen atoms in total. The van der Waals surface area contributed by atoms with E-state index >= 15 is 0 Å². The van der Waals surface area contributed by atoms with Crippen LogP contribution in [0.4, 0.5) is 35.1 Å². The summed E-state index contributed by atoms with van der Waals surface area (Å²) in [6.07, 6.45) is 5.26. The minimum Gasteiger partial charge on any atom is -0.420 e. The topological polar surface area (TPSA) is 26.3 Å². The zero-order valence-electron chi connectivity index (χ0n) is 20.6. The molecule has 3 rings (SSSR count). The molecule has 10 heteroatoms. The van der Waals surface area contributed by atoms with E-state index < -0.39 is 87.3 Å². The van der Waals surface area contributed by atoms with E-state index in [1.54, 1.807) is 6.92 Å². The van der Waals surface area contributed by atoms with Crippen molar-refractivity contribution in [1.29, 1.82) is 0 Å². The van der Waals surface area contributed by atoms with Crippen LogP contribution in [0.5, 0.6) is 5.75 Å². The van der Waals surface area contributed by atoms with Crippen LogP contribution in [0, 0.1) is 58.4 Å². The summed E-state index contributed by atoms with van der Waals surface area (Å²) in [5.41, 5.74) is -4.91. The van der Waals surface area contributed by atoms with E-state index in [0.29, 0.717) is 38.0 Å². The maximum absolute atomic E-state index is 14.8. The minimum absolute atomic E-state index is 0.151. The lowest BCUT2D eigenvalue weighted by molar-refractivity contribution is -0.140. The number of benzene rings is 2. The lowest BCUT2D eigenvalue weighted by Crippen LogP contribution is -2.26. The molecule has 0 amide bonds. The van der Waals surface area contributed by atoms with Crippen LogP contribution in [0.15, 0.2) is 0 Å². The second kappa shape index (κ2) is 12.3. The van der Waals surface area contributed by atoms with Crippen molar-refractivity contribution < 1.29 is 44.7 Å². The van der Waals surface area contributed by atoms with E-state index in [-0.39, 0.29) is 6.42 Å². The normalized spacial score (nSPS) is 17.8. The first-order valence-electron chi connectivity index (χ1n) is 12.5. The van der Waals surface area contributed by atoms with E-state index in [1.807, 2.05) is 6.92 Å². The van der Waals surface area contributed by atoms with Crippen LogP contribution >= 0.6 is 0 Å². The van der Waals surface area contributed by atoms with Crippen molar-refractivity contribution >= 4 is 5.97 Å². The number of esters is 1. The monoisotopic (exact) mass is 536 g/mol. The molecule has 1 fully saturated rings. The van der Waals surface area contributed by atoms with Crippen molar-refractivity contribution in [1.82, 2.24) is 0 Å². The van der Waals surface area contributed by atoms with Gasteiger partial charge in [0.05, 0.1) is 17.0 Å². The van der Waals surface area contributed by atoms with Crippen LogP contribution in [0.2, 0.25) is 0 Å². The second-order valence-corrected chi connectivity index (χ2v) is 9.45. The summed E-state index contributed by atoms with van der Waals surface area (Å²) in [5.74, 6) is -20.7. The van der Waals surface area contributed by atoms with Crippen LogP contribution in [0.3, 0.4) is 0 Å². The Kier molecular flexibility index (Phi) is 9.58. The maximum Gasteiger partial charge on any atom is 0.314 e. The average molecular weight is 537 g/mol. The van der Waals surface area contributed by atoms with Gasteiger partial charge < -0.3 is 4.74 Å². The fraction of sp³-hybridized carbons (Fsp3) is 0.519. The summed E-state index contributed by atoms with van der Waals surface area (Å²) in [6.45, 7) is 3.70. The Morgan fingerprint density at radius 2 is 1.14 bits per heavy atom. The van der Waals surface area contributed by atoms with Crippen LogP contribution in [-0.4, -0.2) is 5.97 Å². The Morgan fingerprint density at radius 1 is 0.676 bits per heavy atom. The summed E-state index contributed by atoms with van der Waals surface area (Å²) in [7, 11) is 0. The molecule has 1 aliphatic carbocycles. The van der Waals surface area contributed by atoms with E-state index in [4.69, 9.17) is 0 Å². The van der Waals surface area contributed by atoms with Crippen LogP contribution < -0.4 is 4.74 Å². The highest BCUT2D eigenvalue weighted by molar-refractivity contribution is 5.76. The van der Waals surface area contributed by atoms with Gasteiger partial charge in [0.2, 0.25) is 17.4 Å². The molecule has 2 aromatic carbocycles. The fourth-order valence-corrected chi connectivity index (χ4v) is 4.75. The van der Waals surface area contributed by atoms with Gasteiger partial charge in [-0.15, -0.1) is 0 Å². The van der Waals surface area contributed by atoms with Crippen molar-refractivity contribution in [3.05, 3.63) is 52.1 Å². The molecule has 2 aromatic rings. The maximum atomic E-state index is 14.8. The average Bonchev–Trinajstić information content (AvgIpc) is 2.89. The molecule has 0 unspecified atom stereocenters. The number of carbonyl (C=O) groups is 1. The lowest BCUT2D eigenvalue weighted by Gasteiger charge is -2.27. The quantitative estimate of drug-likeness (QED) is 0.139. The van der Waals surface area contributed by atoms with E-state index in [1.165, 1.54) is 0 Å². The first kappa shape index (κ1) is 28.9. The van der Waals surface area contributed by atoms with Crippen LogP contribution in [0.25, 0.3) is 11.1 Å². The second-order valence-electron chi connectivity index (χ2n) is 9.45. The molecule has 0 bridgehead atoms. The number of halogens is 8. The van der Waals surface area contributed by atoms with Crippen molar-refractivity contribution in [2.24, 2.45) is 11.8 Å². The molecule has 204 valence electrons. The van der Waals surface area contributed by atoms with E-state index in [2.05, 4.69) is 4.74 Å². The predicted octanol–water partition coefficient (Wildman–Crippen LogP) is 8.71. The summed E-state index contributed by atoms with van der Waals surface area (Å²) in [4.78, 5) is 12.5. The Morgan fingerprint density at radius 3 is 1.59 bits per heavy atom. The van der Waals surface area contributed by atoms with Crippen LogP contribution in [-0.2, 0) is 11.2 Å². The van der Waals surface area contributed by atoms with Gasteiger partial charge in [-0.25, -0.2) is 26.3 Å². The van der Waals surface area contributed by atoms with Gasteiger partial charge in [-0.05, 0) is 44.4 Å². The molecule has 1 saturated carbocycles. The molecule has 0 radical (unpaired) electrons. The Bertz CT molecular complexity index is 1100. The molecule has 0 heterocycles. The third-order valence-corrected chi connectivity index (χ3v) is 6.96. The fourth-order valence-electron chi connectivity index (χ4n) is 4.75. The molecule has 1 aliphatic rings. The summed E-state index contributed by atoms with van der Waals surface area (Å²) < 4.78 is 122. The standard InChI is InChI=1S/C27H28F8O2/c1-3-5-7-13-9-11-14(12-10-13)27(36)37-26-24(34)22(32)17(23(33)25(26)35)16-20(30)18(28)15(8-6-4-2)19(29)21(16)31/h13-14H,3-12H2,1-2H3/t13-,14-. The molecular formula is C27H28F8O2. The highest BCUT2D eigenvalue weighted by Gasteiger charge is 2.36. The molecule has 0 aromatic heterocycles. The molecule has 0 atom stereocenters. The Hall–Kier alpha value is -2.65. The number of rotatable bonds is 9. The van der Waals surface area contributed by atoms with Crippen molar-refractivity contribution in [2.75, 3.05) is 0 Å². The SMILES string of the molecule is CCCCc1c(F)c(F)c(-c2c(F)c(F)c(OC(=O)[C@H]3CC[C@H](CCCC)CC3)c(F)c2F)c(F)c1F. The van der Waals surface area contributed by atoms with E-state index in [0.717, 1.165) is 19.3 Å². The van der Waals surface area contributed by atoms with Gasteiger partial charge in [0.15, 0.2) is 34.9 Å². The van der Waals surface area contributed by atoms with Gasteiger partial charge in [0.1, 0.15) is 0 Å². The zero-order chi connectivity index (χ0) is 27.4. The number of hydrogen-bond acceptors (Lipinski definition) is 2. The summed E-state index contributed by atoms with van der Waals surface area (Å²) in [6, 6.07) is 0. The van der Waals surface area contributed by atoms with Crippen molar-refractivity contribution in [2.45, 2.75) is 78.1 Å². The number of unbranched alkanes of at least 4 members (excludes halogenated alkanes) is 2. The lowest BCUT2D eigenvalue weighted by atomic mass is 9.80. The van der Waals surface area contributed by atoms with Gasteiger partial charge in [-0.1, -0.05) is 39.5 Å². The molecule has 37 heavy (non-hydrogen) atoms. The molecule has 0 saturated heterocycles. The molecule has 0 spiro atoms. The highest BCUT2D eigenvalue weighted by atomic mass is 19.2. The summed E-state index contributed by atoms with van der Waals surface area (Å²) in [5, 5.41) is 0. The third-order valence-electron chi connectivity index (χ3n) is 6.96. The van der Waals surface area contributed by atoms with Crippen molar-refractivity contribution in [3.63, 3.8) is 0 Å². The number of carbonyl (C=O) groups excluding carboxylic acids is 1. The molecule has 0 aliphatic heterocycles. The third kappa shape index (κ3) is 5.77. The van der Waals surface area contributed by atoms with Gasteiger partial charge in [0, 0.05) is 5.56 Å². The van der Waals surface area contributed by atoms with Gasteiger partial charge >= 0.3 is 5.97 Å². The first-order valence-corrected chi connectivity index (χ1v) is 12.5. The summed E-state index contributed by atoms with van der Waals surface area (Å²) >= 11 is 0. The van der Waals surface area contributed by atoms with Crippen LogP contribution in [0.1, 0.15) is 77.2 Å². The largest absolute Gasteiger partial charge is 0.420 e. The smallest absolute Gasteiger partial charge is 0.314 e. The molecule has 0 N–H and O–H groups in total. The minimum atomic E-state index is -2.36. The molecular weight excluding hydrogens is 508 g/mol. The van der Waals surface area contributed by atoms with Gasteiger partial charge in [-0.3, -0.25) is 4.79 Å². The Balaban J connectivity index is 1.95. The van der Waals surface area contributed by atoms with E-state index in [9.17, 15) is 39.9 Å².